The third-order valence-corrected chi connectivity index (χ3v) is 5.41. The maximum atomic E-state index is 12.0. The fourth-order valence-corrected chi connectivity index (χ4v) is 3.76. The second kappa shape index (κ2) is 10.5. The van der Waals surface area contributed by atoms with Gasteiger partial charge in [-0.2, -0.15) is 0 Å². The van der Waals surface area contributed by atoms with Gasteiger partial charge in [-0.05, 0) is 46.0 Å². The largest absolute Gasteiger partial charge is 0.490 e. The fourth-order valence-electron chi connectivity index (χ4n) is 3.76. The van der Waals surface area contributed by atoms with Crippen molar-refractivity contribution in [3.63, 3.8) is 0 Å². The molecule has 12 nitrogen and oxygen atoms in total. The van der Waals surface area contributed by atoms with Gasteiger partial charge in [-0.3, -0.25) is 0 Å². The van der Waals surface area contributed by atoms with Gasteiger partial charge in [-0.25, -0.2) is 26.1 Å². The topological polar surface area (TPSA) is 156 Å². The van der Waals surface area contributed by atoms with E-state index < -0.39 is 11.7 Å². The Bertz CT molecular complexity index is 774. The van der Waals surface area contributed by atoms with Crippen molar-refractivity contribution in [2.75, 3.05) is 37.7 Å². The summed E-state index contributed by atoms with van der Waals surface area (Å²) >= 11 is 0. The number of amides is 1. The molecule has 0 aliphatic carbocycles. The van der Waals surface area contributed by atoms with Gasteiger partial charge in [0.15, 0.2) is 5.75 Å². The summed E-state index contributed by atoms with van der Waals surface area (Å²) in [5, 5.41) is 6.72. The summed E-state index contributed by atoms with van der Waals surface area (Å²) < 4.78 is 11.2. The number of nitrogens with one attached hydrogen (secondary N) is 2. The normalized spacial score (nSPS) is 20.2. The highest BCUT2D eigenvalue weighted by Crippen LogP contribution is 2.21. The molecule has 12 heteroatoms. The number of hydrogen-bond donors (Lipinski definition) is 4. The molecule has 2 saturated heterocycles. The Morgan fingerprint density at radius 3 is 2.53 bits per heavy atom. The third-order valence-electron chi connectivity index (χ3n) is 5.41. The second-order valence-electron chi connectivity index (χ2n) is 9.14. The summed E-state index contributed by atoms with van der Waals surface area (Å²) in [6, 6.07) is 0.00922. The fraction of sp³-hybridized carbons (Fsp3) is 0.700. The van der Waals surface area contributed by atoms with E-state index in [0.29, 0.717) is 36.7 Å². The number of carbonyl (C=O) groups excluding carboxylic acids is 1. The number of aromatic nitrogens is 2. The zero-order valence-electron chi connectivity index (χ0n) is 19.1. The van der Waals surface area contributed by atoms with Gasteiger partial charge >= 0.3 is 6.09 Å². The number of anilines is 1. The van der Waals surface area contributed by atoms with E-state index in [1.165, 1.54) is 0 Å². The molecule has 0 bridgehead atoms. The molecule has 1 aromatic heterocycles. The molecule has 0 aromatic carbocycles. The second-order valence-corrected chi connectivity index (χ2v) is 9.14. The predicted molar refractivity (Wildman–Crippen MR) is 121 cm³/mol. The van der Waals surface area contributed by atoms with Crippen LogP contribution in [0.15, 0.2) is 17.5 Å². The highest BCUT2D eigenvalue weighted by molar-refractivity contribution is 5.77. The molecule has 0 spiro atoms. The van der Waals surface area contributed by atoms with Crippen LogP contribution in [0.4, 0.5) is 10.7 Å². The SMILES string of the molecule is CC(C)(C)OC(=O)NC1CCN(c2ncc(OCC3CCN(/C(N)=N/NN)CC3)cn2)C1. The van der Waals surface area contributed by atoms with Crippen LogP contribution in [0.1, 0.15) is 40.0 Å². The number of nitrogens with zero attached hydrogens (tertiary/aromatic N) is 5. The highest BCUT2D eigenvalue weighted by atomic mass is 16.6. The van der Waals surface area contributed by atoms with Gasteiger partial charge in [0.25, 0.3) is 0 Å². The van der Waals surface area contributed by atoms with Crippen LogP contribution in [0.25, 0.3) is 0 Å². The lowest BCUT2D eigenvalue weighted by atomic mass is 9.98. The summed E-state index contributed by atoms with van der Waals surface area (Å²) in [6.45, 7) is 9.19. The van der Waals surface area contributed by atoms with Crippen LogP contribution in [0.2, 0.25) is 0 Å². The van der Waals surface area contributed by atoms with Crippen molar-refractivity contribution in [3.05, 3.63) is 12.4 Å². The number of rotatable bonds is 6. The molecule has 3 heterocycles. The summed E-state index contributed by atoms with van der Waals surface area (Å²) in [5.74, 6) is 7.28. The first-order valence-corrected chi connectivity index (χ1v) is 11.0. The molecule has 1 atom stereocenters. The number of alkyl carbamates (subject to hydrolysis) is 1. The van der Waals surface area contributed by atoms with Crippen molar-refractivity contribution in [2.24, 2.45) is 22.6 Å². The first kappa shape index (κ1) is 23.6. The minimum absolute atomic E-state index is 0.00922. The molecule has 1 unspecified atom stereocenters. The van der Waals surface area contributed by atoms with Crippen molar-refractivity contribution < 1.29 is 14.3 Å². The number of hydrazine groups is 1. The first-order chi connectivity index (χ1) is 15.2. The number of hydrogen-bond acceptors (Lipinski definition) is 9. The summed E-state index contributed by atoms with van der Waals surface area (Å²) in [4.78, 5) is 24.9. The van der Waals surface area contributed by atoms with Gasteiger partial charge in [0.1, 0.15) is 5.60 Å². The lowest BCUT2D eigenvalue weighted by Crippen LogP contribution is -2.44. The highest BCUT2D eigenvalue weighted by Gasteiger charge is 2.27. The van der Waals surface area contributed by atoms with Crippen LogP contribution in [0.3, 0.4) is 0 Å². The lowest BCUT2D eigenvalue weighted by molar-refractivity contribution is 0.0509. The van der Waals surface area contributed by atoms with Crippen LogP contribution in [-0.2, 0) is 4.74 Å². The molecule has 32 heavy (non-hydrogen) atoms. The molecule has 0 radical (unpaired) electrons. The molecule has 2 aliphatic rings. The van der Waals surface area contributed by atoms with E-state index >= 15 is 0 Å². The van der Waals surface area contributed by atoms with Crippen LogP contribution in [0.5, 0.6) is 5.75 Å². The molecule has 178 valence electrons. The smallest absolute Gasteiger partial charge is 0.407 e. The Labute approximate surface area is 188 Å². The average Bonchev–Trinajstić information content (AvgIpc) is 3.20. The zero-order valence-corrected chi connectivity index (χ0v) is 19.1. The number of ether oxygens (including phenoxy) is 2. The number of guanidine groups is 1. The average molecular weight is 450 g/mol. The van der Waals surface area contributed by atoms with Gasteiger partial charge in [0.05, 0.1) is 25.0 Å². The Morgan fingerprint density at radius 1 is 1.22 bits per heavy atom. The van der Waals surface area contributed by atoms with E-state index in [4.69, 9.17) is 21.1 Å². The quantitative estimate of drug-likeness (QED) is 0.207. The molecule has 6 N–H and O–H groups in total. The molecular formula is C20H35N9O3. The number of likely N-dealkylation sites (tertiary alicyclic amines) is 1. The number of hydrazone groups is 1. The lowest BCUT2D eigenvalue weighted by Gasteiger charge is -2.32. The molecule has 1 amide bonds. The van der Waals surface area contributed by atoms with Gasteiger partial charge in [0, 0.05) is 26.2 Å². The van der Waals surface area contributed by atoms with Crippen LogP contribution in [-0.4, -0.2) is 71.3 Å². The Kier molecular flexibility index (Phi) is 7.78. The predicted octanol–water partition coefficient (Wildman–Crippen LogP) is 0.364. The van der Waals surface area contributed by atoms with Crippen molar-refractivity contribution in [3.8, 4) is 5.75 Å². The monoisotopic (exact) mass is 449 g/mol. The number of carbonyl (C=O) groups is 1. The summed E-state index contributed by atoms with van der Waals surface area (Å²) in [6.07, 6.45) is 5.73. The van der Waals surface area contributed by atoms with E-state index in [1.54, 1.807) is 12.4 Å². The molecule has 2 fully saturated rings. The first-order valence-electron chi connectivity index (χ1n) is 11.0. The zero-order chi connectivity index (χ0) is 23.1. The van der Waals surface area contributed by atoms with Gasteiger partial charge in [0.2, 0.25) is 11.9 Å². The van der Waals surface area contributed by atoms with Crippen LogP contribution < -0.4 is 32.1 Å². The standard InChI is InChI=1S/C20H35N9O3/c1-20(2,3)32-19(30)25-15-6-9-29(12-15)18-23-10-16(11-24-18)31-13-14-4-7-28(8-5-14)17(21)26-27-22/h10-11,14-15,27H,4-9,12-13,22H2,1-3H3,(H2,21,26)(H,25,30). The minimum Gasteiger partial charge on any atom is -0.490 e. The third kappa shape index (κ3) is 7.01. The van der Waals surface area contributed by atoms with Crippen molar-refractivity contribution in [1.29, 1.82) is 0 Å². The van der Waals surface area contributed by atoms with E-state index in [-0.39, 0.29) is 6.04 Å². The van der Waals surface area contributed by atoms with Crippen LogP contribution in [0, 0.1) is 5.92 Å². The van der Waals surface area contributed by atoms with E-state index in [9.17, 15) is 4.79 Å². The minimum atomic E-state index is -0.512. The Hall–Kier alpha value is -3.02. The Balaban J connectivity index is 1.40. The Morgan fingerprint density at radius 2 is 1.91 bits per heavy atom. The van der Waals surface area contributed by atoms with Crippen molar-refractivity contribution in [1.82, 2.24) is 25.7 Å². The van der Waals surface area contributed by atoms with Crippen molar-refractivity contribution >= 4 is 18.0 Å². The summed E-state index contributed by atoms with van der Waals surface area (Å²) in [5.41, 5.74) is 7.56. The molecule has 0 saturated carbocycles. The van der Waals surface area contributed by atoms with Gasteiger partial charge < -0.3 is 30.3 Å². The van der Waals surface area contributed by atoms with Crippen LogP contribution >= 0.6 is 0 Å². The number of piperidine rings is 1. The molecular weight excluding hydrogens is 414 g/mol. The van der Waals surface area contributed by atoms with Crippen molar-refractivity contribution in [2.45, 2.75) is 51.7 Å². The molecule has 2 aliphatic heterocycles. The number of nitrogens with two attached hydrogens (primary N) is 2. The van der Waals surface area contributed by atoms with E-state index in [2.05, 4.69) is 25.9 Å². The molecule has 1 aromatic rings. The van der Waals surface area contributed by atoms with Gasteiger partial charge in [-0.1, -0.05) is 0 Å². The summed E-state index contributed by atoms with van der Waals surface area (Å²) in [7, 11) is 0. The van der Waals surface area contributed by atoms with E-state index in [1.807, 2.05) is 30.6 Å². The maximum Gasteiger partial charge on any atom is 0.407 e. The van der Waals surface area contributed by atoms with E-state index in [0.717, 1.165) is 38.9 Å². The molecule has 3 rings (SSSR count). The van der Waals surface area contributed by atoms with Gasteiger partial charge in [-0.15, -0.1) is 5.10 Å². The maximum absolute atomic E-state index is 12.0.